The number of carbonyl (C=O) groups excluding carboxylic acids is 1. The van der Waals surface area contributed by atoms with Crippen LogP contribution in [0.15, 0.2) is 4.90 Å². The van der Waals surface area contributed by atoms with Crippen LogP contribution in [0.4, 0.5) is 0 Å². The van der Waals surface area contributed by atoms with Crippen LogP contribution in [0, 0.1) is 13.8 Å². The van der Waals surface area contributed by atoms with Crippen molar-refractivity contribution in [3.63, 3.8) is 0 Å². The molecule has 7 nitrogen and oxygen atoms in total. The molecule has 3 heterocycles. The van der Waals surface area contributed by atoms with E-state index in [4.69, 9.17) is 4.74 Å². The van der Waals surface area contributed by atoms with Crippen molar-refractivity contribution in [2.75, 3.05) is 32.8 Å². The summed E-state index contributed by atoms with van der Waals surface area (Å²) in [5.41, 5.74) is 1.66. The van der Waals surface area contributed by atoms with E-state index in [-0.39, 0.29) is 16.8 Å². The van der Waals surface area contributed by atoms with Gasteiger partial charge < -0.3 is 14.2 Å². The number of sulfonamides is 1. The Morgan fingerprint density at radius 3 is 2.38 bits per heavy atom. The Morgan fingerprint density at radius 2 is 1.77 bits per heavy atom. The third-order valence-corrected chi connectivity index (χ3v) is 7.86. The number of hydrogen-bond donors (Lipinski definition) is 0. The van der Waals surface area contributed by atoms with Crippen molar-refractivity contribution in [3.8, 4) is 0 Å². The monoisotopic (exact) mass is 383 g/mol. The normalized spacial score (nSPS) is 22.6. The minimum absolute atomic E-state index is 0.0660. The molecule has 1 atom stereocenters. The van der Waals surface area contributed by atoms with E-state index in [0.29, 0.717) is 43.3 Å². The van der Waals surface area contributed by atoms with E-state index in [1.165, 1.54) is 4.31 Å². The Hall–Kier alpha value is -1.38. The smallest absolute Gasteiger partial charge is 0.271 e. The molecule has 146 valence electrons. The number of amides is 1. The largest absolute Gasteiger partial charge is 0.379 e. The van der Waals surface area contributed by atoms with Crippen molar-refractivity contribution < 1.29 is 17.9 Å². The van der Waals surface area contributed by atoms with Gasteiger partial charge in [0.15, 0.2) is 0 Å². The van der Waals surface area contributed by atoms with Crippen molar-refractivity contribution in [1.29, 1.82) is 0 Å². The number of carbonyl (C=O) groups is 1. The average Bonchev–Trinajstić information content (AvgIpc) is 2.85. The lowest BCUT2D eigenvalue weighted by molar-refractivity contribution is 0.0624. The van der Waals surface area contributed by atoms with Crippen molar-refractivity contribution in [3.05, 3.63) is 17.0 Å². The number of aromatic nitrogens is 1. The number of piperidine rings is 1. The van der Waals surface area contributed by atoms with E-state index < -0.39 is 10.0 Å². The van der Waals surface area contributed by atoms with Gasteiger partial charge in [0, 0.05) is 44.0 Å². The first-order valence-electron chi connectivity index (χ1n) is 9.31. The topological polar surface area (TPSA) is 71.8 Å². The van der Waals surface area contributed by atoms with Crippen LogP contribution in [0.2, 0.25) is 0 Å². The minimum Gasteiger partial charge on any atom is -0.379 e. The van der Waals surface area contributed by atoms with Gasteiger partial charge in [0.2, 0.25) is 10.0 Å². The van der Waals surface area contributed by atoms with E-state index in [9.17, 15) is 13.2 Å². The molecule has 3 rings (SSSR count). The fraction of sp³-hybridized carbons (Fsp3) is 0.722. The van der Waals surface area contributed by atoms with Gasteiger partial charge in [0.1, 0.15) is 10.6 Å². The molecule has 1 aromatic heterocycles. The van der Waals surface area contributed by atoms with E-state index in [1.54, 1.807) is 25.5 Å². The highest BCUT2D eigenvalue weighted by molar-refractivity contribution is 7.89. The van der Waals surface area contributed by atoms with Crippen LogP contribution in [-0.2, 0) is 21.8 Å². The summed E-state index contributed by atoms with van der Waals surface area (Å²) >= 11 is 0. The summed E-state index contributed by atoms with van der Waals surface area (Å²) in [4.78, 5) is 15.4. The molecule has 0 aliphatic carbocycles. The second-order valence-corrected chi connectivity index (χ2v) is 9.18. The van der Waals surface area contributed by atoms with E-state index in [0.717, 1.165) is 25.8 Å². The van der Waals surface area contributed by atoms with Crippen molar-refractivity contribution in [2.45, 2.75) is 51.0 Å². The predicted octanol–water partition coefficient (Wildman–Crippen LogP) is 1.68. The van der Waals surface area contributed by atoms with Gasteiger partial charge in [-0.2, -0.15) is 4.31 Å². The van der Waals surface area contributed by atoms with Crippen LogP contribution in [-0.4, -0.2) is 67.0 Å². The zero-order valence-electron chi connectivity index (χ0n) is 16.1. The first-order valence-corrected chi connectivity index (χ1v) is 10.8. The van der Waals surface area contributed by atoms with Crippen LogP contribution in [0.3, 0.4) is 0 Å². The first-order chi connectivity index (χ1) is 12.3. The number of rotatable bonds is 3. The summed E-state index contributed by atoms with van der Waals surface area (Å²) in [5, 5.41) is 0. The molecule has 2 saturated heterocycles. The number of likely N-dealkylation sites (tertiary alicyclic amines) is 1. The Balaban J connectivity index is 2.02. The predicted molar refractivity (Wildman–Crippen MR) is 98.8 cm³/mol. The molecule has 0 spiro atoms. The molecule has 0 bridgehead atoms. The third-order valence-electron chi connectivity index (χ3n) is 5.70. The Bertz CT molecular complexity index is 794. The lowest BCUT2D eigenvalue weighted by Gasteiger charge is -2.33. The lowest BCUT2D eigenvalue weighted by atomic mass is 10.0. The van der Waals surface area contributed by atoms with Gasteiger partial charge in [-0.25, -0.2) is 8.42 Å². The molecule has 1 aromatic rings. The molecule has 2 fully saturated rings. The van der Waals surface area contributed by atoms with Crippen LogP contribution in [0.1, 0.15) is 47.9 Å². The maximum Gasteiger partial charge on any atom is 0.271 e. The molecule has 0 radical (unpaired) electrons. The Morgan fingerprint density at radius 1 is 1.12 bits per heavy atom. The molecule has 0 unspecified atom stereocenters. The van der Waals surface area contributed by atoms with E-state index in [2.05, 4.69) is 6.92 Å². The number of morpholine rings is 1. The summed E-state index contributed by atoms with van der Waals surface area (Å²) < 4.78 is 34.9. The molecule has 8 heteroatoms. The van der Waals surface area contributed by atoms with Gasteiger partial charge in [-0.15, -0.1) is 0 Å². The highest BCUT2D eigenvalue weighted by atomic mass is 32.2. The van der Waals surface area contributed by atoms with E-state index >= 15 is 0 Å². The molecule has 0 saturated carbocycles. The maximum atomic E-state index is 13.2. The Labute approximate surface area is 156 Å². The minimum atomic E-state index is -3.64. The van der Waals surface area contributed by atoms with Crippen LogP contribution in [0.25, 0.3) is 0 Å². The van der Waals surface area contributed by atoms with Crippen molar-refractivity contribution >= 4 is 15.9 Å². The zero-order valence-corrected chi connectivity index (χ0v) is 16.9. The molecule has 0 aromatic carbocycles. The molecule has 2 aliphatic heterocycles. The van der Waals surface area contributed by atoms with Gasteiger partial charge in [0.25, 0.3) is 5.91 Å². The standard InChI is InChI=1S/C18H29N3O4S/c1-13-7-5-6-8-21(13)18(22)16-14(2)17(15(3)19(16)4)26(23,24)20-9-11-25-12-10-20/h13H,5-12H2,1-4H3/t13-/m1/s1. The molecule has 26 heavy (non-hydrogen) atoms. The number of nitrogens with zero attached hydrogens (tertiary/aromatic N) is 3. The second kappa shape index (κ2) is 7.32. The highest BCUT2D eigenvalue weighted by Crippen LogP contribution is 2.31. The lowest BCUT2D eigenvalue weighted by Crippen LogP contribution is -2.43. The zero-order chi connectivity index (χ0) is 19.1. The maximum absolute atomic E-state index is 13.2. The SMILES string of the molecule is Cc1c(S(=O)(=O)N2CCOCC2)c(C)n(C)c1C(=O)N1CCCC[C@H]1C. The molecule has 1 amide bonds. The summed E-state index contributed by atoms with van der Waals surface area (Å²) in [6.07, 6.45) is 3.12. The number of ether oxygens (including phenoxy) is 1. The van der Waals surface area contributed by atoms with Crippen LogP contribution in [0.5, 0.6) is 0 Å². The Kier molecular flexibility index (Phi) is 5.46. The first kappa shape index (κ1) is 19.4. The molecular formula is C18H29N3O4S. The van der Waals surface area contributed by atoms with Gasteiger partial charge >= 0.3 is 0 Å². The van der Waals surface area contributed by atoms with Gasteiger partial charge in [-0.05, 0) is 40.0 Å². The summed E-state index contributed by atoms with van der Waals surface area (Å²) in [5.74, 6) is -0.0660. The molecular weight excluding hydrogens is 354 g/mol. The van der Waals surface area contributed by atoms with Gasteiger partial charge in [0.05, 0.1) is 13.2 Å². The molecule has 0 N–H and O–H groups in total. The quantitative estimate of drug-likeness (QED) is 0.796. The fourth-order valence-corrected chi connectivity index (χ4v) is 5.97. The fourth-order valence-electron chi connectivity index (χ4n) is 4.09. The number of hydrogen-bond acceptors (Lipinski definition) is 4. The van der Waals surface area contributed by atoms with E-state index in [1.807, 2.05) is 4.90 Å². The van der Waals surface area contributed by atoms with Crippen molar-refractivity contribution in [2.24, 2.45) is 7.05 Å². The second-order valence-electron chi connectivity index (χ2n) is 7.31. The van der Waals surface area contributed by atoms with Crippen molar-refractivity contribution in [1.82, 2.24) is 13.8 Å². The third kappa shape index (κ3) is 3.18. The van der Waals surface area contributed by atoms with Gasteiger partial charge in [-0.3, -0.25) is 4.79 Å². The summed E-state index contributed by atoms with van der Waals surface area (Å²) in [6, 6.07) is 0.185. The molecule has 2 aliphatic rings. The average molecular weight is 384 g/mol. The van der Waals surface area contributed by atoms with Gasteiger partial charge in [-0.1, -0.05) is 0 Å². The summed E-state index contributed by atoms with van der Waals surface area (Å²) in [6.45, 7) is 7.83. The van der Waals surface area contributed by atoms with Crippen LogP contribution >= 0.6 is 0 Å². The van der Waals surface area contributed by atoms with Crippen LogP contribution < -0.4 is 0 Å². The summed E-state index contributed by atoms with van der Waals surface area (Å²) in [7, 11) is -1.86. The highest BCUT2D eigenvalue weighted by Gasteiger charge is 2.36.